The third-order valence-electron chi connectivity index (χ3n) is 2.69. The largest absolute Gasteiger partial charge is 0.465 e. The molecule has 0 N–H and O–H groups in total. The first-order valence-electron chi connectivity index (χ1n) is 5.96. The SMILES string of the molecule is C=Cc1c(Cl)cccc1C1=NCC(C(=O)OCC)S1. The Morgan fingerprint density at radius 1 is 1.68 bits per heavy atom. The third kappa shape index (κ3) is 3.01. The van der Waals surface area contributed by atoms with Crippen LogP contribution in [-0.4, -0.2) is 29.4 Å². The van der Waals surface area contributed by atoms with Crippen LogP contribution in [-0.2, 0) is 9.53 Å². The summed E-state index contributed by atoms with van der Waals surface area (Å²) in [5.74, 6) is -0.214. The van der Waals surface area contributed by atoms with Crippen LogP contribution >= 0.6 is 23.4 Å². The molecule has 1 heterocycles. The molecule has 1 unspecified atom stereocenters. The van der Waals surface area contributed by atoms with Crippen LogP contribution in [0.25, 0.3) is 6.08 Å². The molecule has 0 fully saturated rings. The van der Waals surface area contributed by atoms with Crippen LogP contribution in [0.4, 0.5) is 0 Å². The summed E-state index contributed by atoms with van der Waals surface area (Å²) < 4.78 is 5.01. The van der Waals surface area contributed by atoms with Gasteiger partial charge in [-0.05, 0) is 13.0 Å². The molecule has 0 saturated heterocycles. The molecule has 2 rings (SSSR count). The quantitative estimate of drug-likeness (QED) is 0.799. The molecule has 1 aromatic rings. The second kappa shape index (κ2) is 6.26. The first kappa shape index (κ1) is 14.2. The Hall–Kier alpha value is -1.26. The number of carbonyl (C=O) groups excluding carboxylic acids is 1. The second-order valence-electron chi connectivity index (χ2n) is 3.91. The predicted octanol–water partition coefficient (Wildman–Crippen LogP) is 3.41. The van der Waals surface area contributed by atoms with Gasteiger partial charge in [0.05, 0.1) is 18.2 Å². The van der Waals surface area contributed by atoms with Gasteiger partial charge in [-0.15, -0.1) is 0 Å². The molecule has 5 heteroatoms. The highest BCUT2D eigenvalue weighted by molar-refractivity contribution is 8.15. The molecule has 1 aromatic carbocycles. The van der Waals surface area contributed by atoms with Crippen molar-refractivity contribution in [1.29, 1.82) is 0 Å². The summed E-state index contributed by atoms with van der Waals surface area (Å²) in [6.07, 6.45) is 1.71. The average molecular weight is 296 g/mol. The maximum Gasteiger partial charge on any atom is 0.321 e. The number of aliphatic imine (C=N–C) groups is 1. The van der Waals surface area contributed by atoms with Crippen molar-refractivity contribution in [1.82, 2.24) is 0 Å². The Balaban J connectivity index is 2.20. The summed E-state index contributed by atoms with van der Waals surface area (Å²) in [5, 5.41) is 1.19. The number of benzene rings is 1. The van der Waals surface area contributed by atoms with E-state index in [0.717, 1.165) is 16.2 Å². The van der Waals surface area contributed by atoms with E-state index < -0.39 is 0 Å². The van der Waals surface area contributed by atoms with Crippen molar-refractivity contribution < 1.29 is 9.53 Å². The number of rotatable bonds is 4. The van der Waals surface area contributed by atoms with Crippen LogP contribution in [0.15, 0.2) is 29.8 Å². The summed E-state index contributed by atoms with van der Waals surface area (Å²) in [6.45, 7) is 6.40. The van der Waals surface area contributed by atoms with E-state index in [9.17, 15) is 4.79 Å². The third-order valence-corrected chi connectivity index (χ3v) is 4.22. The van der Waals surface area contributed by atoms with E-state index in [1.54, 1.807) is 13.0 Å². The van der Waals surface area contributed by atoms with Crippen LogP contribution in [0, 0.1) is 0 Å². The van der Waals surface area contributed by atoms with Crippen LogP contribution in [0.2, 0.25) is 5.02 Å². The normalized spacial score (nSPS) is 18.0. The monoisotopic (exact) mass is 295 g/mol. The maximum atomic E-state index is 11.7. The van der Waals surface area contributed by atoms with Crippen molar-refractivity contribution in [3.05, 3.63) is 40.9 Å². The molecule has 0 aliphatic carbocycles. The van der Waals surface area contributed by atoms with Gasteiger partial charge in [0.1, 0.15) is 5.25 Å². The molecule has 1 aliphatic heterocycles. The predicted molar refractivity (Wildman–Crippen MR) is 81.0 cm³/mol. The van der Waals surface area contributed by atoms with Crippen molar-refractivity contribution in [3.63, 3.8) is 0 Å². The van der Waals surface area contributed by atoms with E-state index in [1.165, 1.54) is 11.8 Å². The van der Waals surface area contributed by atoms with Crippen molar-refractivity contribution in [2.75, 3.05) is 13.2 Å². The molecule has 0 saturated carbocycles. The van der Waals surface area contributed by atoms with E-state index in [1.807, 2.05) is 18.2 Å². The van der Waals surface area contributed by atoms with Gasteiger partial charge in [-0.1, -0.05) is 48.2 Å². The van der Waals surface area contributed by atoms with Gasteiger partial charge >= 0.3 is 5.97 Å². The van der Waals surface area contributed by atoms with Crippen molar-refractivity contribution in [2.45, 2.75) is 12.2 Å². The number of thioether (sulfide) groups is 1. The molecule has 0 spiro atoms. The van der Waals surface area contributed by atoms with Gasteiger partial charge in [0.2, 0.25) is 0 Å². The van der Waals surface area contributed by atoms with Crippen molar-refractivity contribution >= 4 is 40.5 Å². The van der Waals surface area contributed by atoms with E-state index in [-0.39, 0.29) is 11.2 Å². The number of carbonyl (C=O) groups is 1. The zero-order chi connectivity index (χ0) is 13.8. The number of hydrogen-bond acceptors (Lipinski definition) is 4. The fourth-order valence-corrected chi connectivity index (χ4v) is 3.10. The molecule has 1 atom stereocenters. The first-order valence-corrected chi connectivity index (χ1v) is 7.22. The second-order valence-corrected chi connectivity index (χ2v) is 5.51. The Morgan fingerprint density at radius 3 is 3.16 bits per heavy atom. The number of hydrogen-bond donors (Lipinski definition) is 0. The number of ether oxygens (including phenoxy) is 1. The lowest BCUT2D eigenvalue weighted by molar-refractivity contribution is -0.142. The van der Waals surface area contributed by atoms with Gasteiger partial charge in [0, 0.05) is 16.1 Å². The van der Waals surface area contributed by atoms with Crippen molar-refractivity contribution in [2.24, 2.45) is 4.99 Å². The Morgan fingerprint density at radius 2 is 2.47 bits per heavy atom. The highest BCUT2D eigenvalue weighted by atomic mass is 35.5. The number of esters is 1. The first-order chi connectivity index (χ1) is 9.17. The van der Waals surface area contributed by atoms with Crippen molar-refractivity contribution in [3.8, 4) is 0 Å². The Labute approximate surface area is 121 Å². The molecular formula is C14H14ClNO2S. The highest BCUT2D eigenvalue weighted by Gasteiger charge is 2.29. The van der Waals surface area contributed by atoms with E-state index in [0.29, 0.717) is 18.2 Å². The lowest BCUT2D eigenvalue weighted by atomic mass is 10.1. The highest BCUT2D eigenvalue weighted by Crippen LogP contribution is 2.31. The molecule has 0 aromatic heterocycles. The fraction of sp³-hybridized carbons (Fsp3) is 0.286. The lowest BCUT2D eigenvalue weighted by Gasteiger charge is -2.09. The standard InChI is InChI=1S/C14H14ClNO2S/c1-3-9-10(6-5-7-11(9)15)13-16-8-12(19-13)14(17)18-4-2/h3,5-7,12H,1,4,8H2,2H3. The number of nitrogens with zero attached hydrogens (tertiary/aromatic N) is 1. The Kier molecular flexibility index (Phi) is 4.66. The molecule has 19 heavy (non-hydrogen) atoms. The van der Waals surface area contributed by atoms with Gasteiger partial charge in [0.15, 0.2) is 0 Å². The molecular weight excluding hydrogens is 282 g/mol. The van der Waals surface area contributed by atoms with Gasteiger partial charge in [-0.2, -0.15) is 0 Å². The lowest BCUT2D eigenvalue weighted by Crippen LogP contribution is -2.21. The topological polar surface area (TPSA) is 38.7 Å². The van der Waals surface area contributed by atoms with Gasteiger partial charge in [0.25, 0.3) is 0 Å². The summed E-state index contributed by atoms with van der Waals surface area (Å²) in [5.41, 5.74) is 1.76. The zero-order valence-electron chi connectivity index (χ0n) is 10.6. The minimum absolute atomic E-state index is 0.214. The number of halogens is 1. The molecule has 0 radical (unpaired) electrons. The van der Waals surface area contributed by atoms with Crippen LogP contribution < -0.4 is 0 Å². The van der Waals surface area contributed by atoms with Gasteiger partial charge in [-0.3, -0.25) is 9.79 Å². The molecule has 1 aliphatic rings. The summed E-state index contributed by atoms with van der Waals surface area (Å²) in [4.78, 5) is 16.1. The zero-order valence-corrected chi connectivity index (χ0v) is 12.1. The van der Waals surface area contributed by atoms with Crippen LogP contribution in [0.5, 0.6) is 0 Å². The molecule has 0 amide bonds. The molecule has 0 bridgehead atoms. The van der Waals surface area contributed by atoms with E-state index >= 15 is 0 Å². The van der Waals surface area contributed by atoms with E-state index in [4.69, 9.17) is 16.3 Å². The van der Waals surface area contributed by atoms with Gasteiger partial charge in [-0.25, -0.2) is 0 Å². The van der Waals surface area contributed by atoms with Crippen LogP contribution in [0.1, 0.15) is 18.1 Å². The van der Waals surface area contributed by atoms with Gasteiger partial charge < -0.3 is 4.74 Å². The summed E-state index contributed by atoms with van der Waals surface area (Å²) in [6, 6.07) is 5.61. The average Bonchev–Trinajstić information content (AvgIpc) is 2.88. The minimum atomic E-state index is -0.258. The van der Waals surface area contributed by atoms with Crippen LogP contribution in [0.3, 0.4) is 0 Å². The smallest absolute Gasteiger partial charge is 0.321 e. The fourth-order valence-electron chi connectivity index (χ4n) is 1.81. The summed E-state index contributed by atoms with van der Waals surface area (Å²) in [7, 11) is 0. The maximum absolute atomic E-state index is 11.7. The minimum Gasteiger partial charge on any atom is -0.465 e. The molecule has 100 valence electrons. The van der Waals surface area contributed by atoms with E-state index in [2.05, 4.69) is 11.6 Å². The Bertz CT molecular complexity index is 542. The molecule has 3 nitrogen and oxygen atoms in total. The summed E-state index contributed by atoms with van der Waals surface area (Å²) >= 11 is 7.55.